The van der Waals surface area contributed by atoms with Gasteiger partial charge >= 0.3 is 6.09 Å². The quantitative estimate of drug-likeness (QED) is 0.454. The third-order valence-corrected chi connectivity index (χ3v) is 5.54. The number of hydrogen-bond donors (Lipinski definition) is 1. The Bertz CT molecular complexity index is 961. The van der Waals surface area contributed by atoms with Crippen molar-refractivity contribution in [1.29, 1.82) is 0 Å². The number of hydrogen-bond acceptors (Lipinski definition) is 4. The van der Waals surface area contributed by atoms with Crippen molar-refractivity contribution >= 4 is 27.6 Å². The lowest BCUT2D eigenvalue weighted by Gasteiger charge is -2.23. The third-order valence-electron chi connectivity index (χ3n) is 4.39. The van der Waals surface area contributed by atoms with Gasteiger partial charge < -0.3 is 10.1 Å². The van der Waals surface area contributed by atoms with Crippen LogP contribution in [0.4, 0.5) is 4.79 Å². The molecule has 5 heteroatoms. The van der Waals surface area contributed by atoms with E-state index in [1.807, 2.05) is 45.0 Å². The summed E-state index contributed by atoms with van der Waals surface area (Å²) >= 11 is 1.62. The fraction of sp³-hybridized carbons (Fsp3) is 0.333. The number of carbonyl (C=O) groups excluding carboxylic acids is 1. The molecule has 0 fully saturated rings. The van der Waals surface area contributed by atoms with Crippen molar-refractivity contribution in [3.8, 4) is 0 Å². The summed E-state index contributed by atoms with van der Waals surface area (Å²) in [6.45, 7) is 9.41. The van der Waals surface area contributed by atoms with Gasteiger partial charge in [-0.15, -0.1) is 17.9 Å². The fourth-order valence-corrected chi connectivity index (χ4v) is 4.19. The molecule has 0 aliphatic heterocycles. The van der Waals surface area contributed by atoms with E-state index in [0.717, 1.165) is 34.5 Å². The van der Waals surface area contributed by atoms with E-state index in [0.29, 0.717) is 0 Å². The molecule has 1 aromatic heterocycles. The van der Waals surface area contributed by atoms with E-state index >= 15 is 0 Å². The Morgan fingerprint density at radius 3 is 2.72 bits per heavy atom. The lowest BCUT2D eigenvalue weighted by Crippen LogP contribution is -2.35. The molecule has 0 bridgehead atoms. The predicted octanol–water partition coefficient (Wildman–Crippen LogP) is 6.47. The van der Waals surface area contributed by atoms with Gasteiger partial charge in [0.15, 0.2) is 0 Å². The molecule has 1 heterocycles. The van der Waals surface area contributed by atoms with Gasteiger partial charge in [-0.1, -0.05) is 42.5 Å². The van der Waals surface area contributed by atoms with E-state index < -0.39 is 11.7 Å². The van der Waals surface area contributed by atoms with Crippen LogP contribution in [0.5, 0.6) is 0 Å². The second-order valence-electron chi connectivity index (χ2n) is 8.07. The maximum atomic E-state index is 12.4. The molecule has 0 saturated heterocycles. The Labute approximate surface area is 178 Å². The molecule has 0 spiro atoms. The number of nitrogens with one attached hydrogen (secondary N) is 1. The van der Waals surface area contributed by atoms with Gasteiger partial charge in [0.05, 0.1) is 16.3 Å². The molecule has 1 atom stereocenters. The zero-order valence-corrected chi connectivity index (χ0v) is 18.1. The highest BCUT2D eigenvalue weighted by atomic mass is 32.1. The van der Waals surface area contributed by atoms with Gasteiger partial charge in [0.25, 0.3) is 0 Å². The van der Waals surface area contributed by atoms with Crippen molar-refractivity contribution in [2.75, 3.05) is 0 Å². The SMILES string of the molecule is C=CCc1cccc(CCC(NC(=O)OC(C)(C)C)c2nc3ccccc3s2)c1.[HH]. The van der Waals surface area contributed by atoms with Crippen molar-refractivity contribution < 1.29 is 11.0 Å². The fourth-order valence-electron chi connectivity index (χ4n) is 3.14. The molecule has 3 aromatic rings. The molecule has 154 valence electrons. The lowest BCUT2D eigenvalue weighted by atomic mass is 10.0. The van der Waals surface area contributed by atoms with Gasteiger partial charge in [-0.25, -0.2) is 9.78 Å². The second kappa shape index (κ2) is 9.23. The Morgan fingerprint density at radius 2 is 2.00 bits per heavy atom. The number of amides is 1. The number of carbonyl (C=O) groups is 1. The van der Waals surface area contributed by atoms with Crippen LogP contribution in [0.15, 0.2) is 61.2 Å². The Hall–Kier alpha value is -2.66. The Balaban J connectivity index is 0.00000320. The van der Waals surface area contributed by atoms with Crippen LogP contribution in [0.25, 0.3) is 10.2 Å². The molecule has 0 radical (unpaired) electrons. The van der Waals surface area contributed by atoms with Crippen molar-refractivity contribution in [3.63, 3.8) is 0 Å². The summed E-state index contributed by atoms with van der Waals surface area (Å²) in [6.07, 6.45) is 3.93. The minimum Gasteiger partial charge on any atom is -0.444 e. The van der Waals surface area contributed by atoms with Crippen LogP contribution >= 0.6 is 11.3 Å². The van der Waals surface area contributed by atoms with Crippen LogP contribution in [-0.2, 0) is 17.6 Å². The second-order valence-corrected chi connectivity index (χ2v) is 9.13. The number of alkyl carbamates (subject to hydrolysis) is 1. The van der Waals surface area contributed by atoms with Crippen LogP contribution < -0.4 is 5.32 Å². The van der Waals surface area contributed by atoms with E-state index in [4.69, 9.17) is 9.72 Å². The largest absolute Gasteiger partial charge is 0.444 e. The molecule has 2 aromatic carbocycles. The maximum absolute atomic E-state index is 12.4. The number of nitrogens with zero attached hydrogens (tertiary/aromatic N) is 1. The molecule has 3 rings (SSSR count). The molecule has 0 saturated carbocycles. The smallest absolute Gasteiger partial charge is 0.408 e. The van der Waals surface area contributed by atoms with Crippen LogP contribution in [0, 0.1) is 0 Å². The van der Waals surface area contributed by atoms with Gasteiger partial charge in [0.1, 0.15) is 10.6 Å². The number of benzene rings is 2. The van der Waals surface area contributed by atoms with E-state index in [2.05, 4.69) is 42.2 Å². The van der Waals surface area contributed by atoms with Gasteiger partial charge in [-0.05, 0) is 63.3 Å². The minimum atomic E-state index is -0.540. The Morgan fingerprint density at radius 1 is 1.24 bits per heavy atom. The highest BCUT2D eigenvalue weighted by Crippen LogP contribution is 2.29. The molecule has 29 heavy (non-hydrogen) atoms. The predicted molar refractivity (Wildman–Crippen MR) is 123 cm³/mol. The zero-order chi connectivity index (χ0) is 20.9. The Kier molecular flexibility index (Phi) is 6.70. The normalized spacial score (nSPS) is 12.5. The first-order valence-electron chi connectivity index (χ1n) is 9.88. The molecule has 1 N–H and O–H groups in total. The lowest BCUT2D eigenvalue weighted by molar-refractivity contribution is 0.0501. The van der Waals surface area contributed by atoms with Crippen LogP contribution in [0.2, 0.25) is 0 Å². The molecule has 4 nitrogen and oxygen atoms in total. The van der Waals surface area contributed by atoms with E-state index in [-0.39, 0.29) is 7.47 Å². The van der Waals surface area contributed by atoms with Crippen molar-refractivity contribution in [2.45, 2.75) is 51.7 Å². The summed E-state index contributed by atoms with van der Waals surface area (Å²) < 4.78 is 6.60. The molecule has 0 aliphatic carbocycles. The van der Waals surface area contributed by atoms with Gasteiger partial charge in [0.2, 0.25) is 0 Å². The summed E-state index contributed by atoms with van der Waals surface area (Å²) in [4.78, 5) is 17.2. The monoisotopic (exact) mass is 410 g/mol. The minimum absolute atomic E-state index is 0. The number of ether oxygens (including phenoxy) is 1. The molecule has 1 unspecified atom stereocenters. The van der Waals surface area contributed by atoms with Crippen molar-refractivity contribution in [1.82, 2.24) is 10.3 Å². The van der Waals surface area contributed by atoms with Crippen molar-refractivity contribution in [3.05, 3.63) is 77.3 Å². The molecular formula is C24H30N2O2S. The average Bonchev–Trinajstić information content (AvgIpc) is 3.08. The summed E-state index contributed by atoms with van der Waals surface area (Å²) in [5.41, 5.74) is 2.90. The summed E-state index contributed by atoms with van der Waals surface area (Å²) in [6, 6.07) is 16.3. The maximum Gasteiger partial charge on any atom is 0.408 e. The topological polar surface area (TPSA) is 51.2 Å². The first-order chi connectivity index (χ1) is 13.8. The number of aryl methyl sites for hydroxylation is 1. The van der Waals surface area contributed by atoms with Crippen molar-refractivity contribution in [2.24, 2.45) is 0 Å². The van der Waals surface area contributed by atoms with E-state index in [9.17, 15) is 4.79 Å². The number of fused-ring (bicyclic) bond motifs is 1. The summed E-state index contributed by atoms with van der Waals surface area (Å²) in [5, 5.41) is 3.93. The van der Waals surface area contributed by atoms with Crippen LogP contribution in [0.3, 0.4) is 0 Å². The first-order valence-corrected chi connectivity index (χ1v) is 10.7. The zero-order valence-electron chi connectivity index (χ0n) is 17.3. The average molecular weight is 411 g/mol. The van der Waals surface area contributed by atoms with E-state index in [1.165, 1.54) is 11.1 Å². The van der Waals surface area contributed by atoms with Crippen LogP contribution in [-0.4, -0.2) is 16.7 Å². The standard InChI is InChI=1S/C24H28N2O2S.H2/c1-5-9-17-10-8-11-18(16-17)14-15-20(26-23(27)28-24(2,3)4)22-25-19-12-6-7-13-21(19)29-22;/h5-8,10-13,16,20H,1,9,14-15H2,2-4H3,(H,26,27);1H. The summed E-state index contributed by atoms with van der Waals surface area (Å²) in [7, 11) is 0. The van der Waals surface area contributed by atoms with E-state index in [1.54, 1.807) is 11.3 Å². The number of rotatable bonds is 7. The van der Waals surface area contributed by atoms with Gasteiger partial charge in [-0.3, -0.25) is 0 Å². The molecular weight excluding hydrogens is 380 g/mol. The number of thiazole rings is 1. The number of para-hydroxylation sites is 1. The third kappa shape index (κ3) is 6.16. The highest BCUT2D eigenvalue weighted by molar-refractivity contribution is 7.18. The van der Waals surface area contributed by atoms with Gasteiger partial charge in [-0.2, -0.15) is 0 Å². The molecule has 1 amide bonds. The highest BCUT2D eigenvalue weighted by Gasteiger charge is 2.23. The first kappa shape index (κ1) is 21.1. The summed E-state index contributed by atoms with van der Waals surface area (Å²) in [5.74, 6) is 0. The molecule has 0 aliphatic rings. The number of allylic oxidation sites excluding steroid dienone is 1. The van der Waals surface area contributed by atoms with Gasteiger partial charge in [0, 0.05) is 1.43 Å². The number of aromatic nitrogens is 1. The van der Waals surface area contributed by atoms with Crippen LogP contribution in [0.1, 0.15) is 50.8 Å².